The summed E-state index contributed by atoms with van der Waals surface area (Å²) in [7, 11) is 0. The summed E-state index contributed by atoms with van der Waals surface area (Å²) in [6, 6.07) is 21.0. The van der Waals surface area contributed by atoms with Crippen molar-refractivity contribution < 1.29 is 4.57 Å². The van der Waals surface area contributed by atoms with Gasteiger partial charge in [0.25, 0.3) is 0 Å². The van der Waals surface area contributed by atoms with Gasteiger partial charge >= 0.3 is 10.7 Å². The van der Waals surface area contributed by atoms with Gasteiger partial charge in [0.15, 0.2) is 4.83 Å². The van der Waals surface area contributed by atoms with Crippen molar-refractivity contribution in [2.75, 3.05) is 5.75 Å². The molecule has 156 valence electrons. The molecule has 1 aliphatic heterocycles. The molecule has 0 fully saturated rings. The molecular weight excluding hydrogens is 488 g/mol. The zero-order valence-corrected chi connectivity index (χ0v) is 20.2. The highest BCUT2D eigenvalue weighted by Gasteiger charge is 2.41. The van der Waals surface area contributed by atoms with E-state index < -0.39 is 0 Å². The van der Waals surface area contributed by atoms with Gasteiger partial charge in [-0.1, -0.05) is 75.8 Å². The van der Waals surface area contributed by atoms with Gasteiger partial charge in [0, 0.05) is 10.6 Å². The van der Waals surface area contributed by atoms with Crippen LogP contribution in [0.25, 0.3) is 15.9 Å². The number of para-hydroxylation sites is 1. The maximum Gasteiger partial charge on any atom is 0.352 e. The van der Waals surface area contributed by atoms with E-state index in [9.17, 15) is 4.79 Å². The predicted octanol–water partition coefficient (Wildman–Crippen LogP) is 5.68. The Morgan fingerprint density at radius 3 is 2.45 bits per heavy atom. The molecule has 2 unspecified atom stereocenters. The van der Waals surface area contributed by atoms with E-state index >= 15 is 0 Å². The van der Waals surface area contributed by atoms with Crippen LogP contribution in [0.1, 0.15) is 34.9 Å². The Hall–Kier alpha value is -1.89. The minimum atomic E-state index is 0.138. The Bertz CT molecular complexity index is 1330. The average Bonchev–Trinajstić information content (AvgIpc) is 3.21. The van der Waals surface area contributed by atoms with E-state index in [1.54, 1.807) is 11.8 Å². The molecule has 31 heavy (non-hydrogen) atoms. The van der Waals surface area contributed by atoms with Crippen LogP contribution in [-0.2, 0) is 12.8 Å². The zero-order chi connectivity index (χ0) is 20.9. The SMILES string of the molecule is O=c1c2c3c(sc2[n+]2c(n1-c1ccccc1)SCC(Br)C2c1ccccc1)CCCC3. The molecule has 0 saturated heterocycles. The number of benzene rings is 2. The van der Waals surface area contributed by atoms with Gasteiger partial charge in [-0.3, -0.25) is 0 Å². The smallest absolute Gasteiger partial charge is 0.240 e. The number of halogens is 1. The number of thioether (sulfide) groups is 1. The molecule has 0 amide bonds. The molecule has 6 rings (SSSR count). The highest BCUT2D eigenvalue weighted by Crippen LogP contribution is 2.40. The van der Waals surface area contributed by atoms with Crippen molar-refractivity contribution in [3.63, 3.8) is 0 Å². The number of hydrogen-bond donors (Lipinski definition) is 0. The van der Waals surface area contributed by atoms with Gasteiger partial charge in [0.1, 0.15) is 17.1 Å². The first-order valence-corrected chi connectivity index (χ1v) is 13.5. The second-order valence-corrected chi connectivity index (χ2v) is 11.4. The number of fused-ring (bicyclic) bond motifs is 5. The number of hydrogen-bond acceptors (Lipinski definition) is 3. The molecule has 6 heteroatoms. The van der Waals surface area contributed by atoms with E-state index in [1.165, 1.54) is 28.8 Å². The van der Waals surface area contributed by atoms with Crippen LogP contribution in [-0.4, -0.2) is 15.1 Å². The third-order valence-electron chi connectivity index (χ3n) is 6.33. The molecular formula is C25H22BrN2OS2+. The van der Waals surface area contributed by atoms with Gasteiger partial charge in [-0.25, -0.2) is 9.36 Å². The van der Waals surface area contributed by atoms with Crippen LogP contribution in [0.15, 0.2) is 70.6 Å². The number of thiophene rings is 1. The van der Waals surface area contributed by atoms with Gasteiger partial charge in [-0.2, -0.15) is 4.57 Å². The average molecular weight is 511 g/mol. The van der Waals surface area contributed by atoms with E-state index in [0.29, 0.717) is 4.83 Å². The fraction of sp³-hybridized carbons (Fsp3) is 0.280. The lowest BCUT2D eigenvalue weighted by atomic mass is 9.97. The second kappa shape index (κ2) is 7.91. The summed E-state index contributed by atoms with van der Waals surface area (Å²) >= 11 is 7.62. The van der Waals surface area contributed by atoms with Gasteiger partial charge in [0.05, 0.1) is 4.83 Å². The fourth-order valence-electron chi connectivity index (χ4n) is 4.93. The molecule has 0 bridgehead atoms. The van der Waals surface area contributed by atoms with Crippen LogP contribution in [0.5, 0.6) is 0 Å². The summed E-state index contributed by atoms with van der Waals surface area (Å²) < 4.78 is 4.42. The molecule has 0 N–H and O–H groups in total. The molecule has 0 saturated carbocycles. The van der Waals surface area contributed by atoms with Gasteiger partial charge < -0.3 is 0 Å². The highest BCUT2D eigenvalue weighted by atomic mass is 79.9. The maximum absolute atomic E-state index is 14.0. The summed E-state index contributed by atoms with van der Waals surface area (Å²) in [5.41, 5.74) is 3.66. The standard InChI is InChI=1S/C25H22BrN2OS2/c26-19-15-30-25-27(17-11-5-2-6-12-17)23(29)21-18-13-7-8-14-20(18)31-24(21)28(25)22(19)16-9-3-1-4-10-16/h1-6,9-12,19,22H,7-8,13-15H2/q+1. The van der Waals surface area contributed by atoms with Crippen molar-refractivity contribution in [1.82, 2.24) is 4.57 Å². The molecule has 3 nitrogen and oxygen atoms in total. The lowest BCUT2D eigenvalue weighted by Gasteiger charge is -2.28. The number of aromatic nitrogens is 2. The lowest BCUT2D eigenvalue weighted by Crippen LogP contribution is -2.54. The summed E-state index contributed by atoms with van der Waals surface area (Å²) in [5, 5.41) is 1.97. The first kappa shape index (κ1) is 19.8. The van der Waals surface area contributed by atoms with Crippen LogP contribution < -0.4 is 10.1 Å². The summed E-state index contributed by atoms with van der Waals surface area (Å²) in [6.07, 6.45) is 4.50. The molecule has 0 radical (unpaired) electrons. The first-order valence-electron chi connectivity index (χ1n) is 10.8. The van der Waals surface area contributed by atoms with Crippen LogP contribution in [0.3, 0.4) is 0 Å². The van der Waals surface area contributed by atoms with Crippen LogP contribution in [0.4, 0.5) is 0 Å². The summed E-state index contributed by atoms with van der Waals surface area (Å²) in [4.78, 5) is 16.8. The minimum Gasteiger partial charge on any atom is -0.240 e. The minimum absolute atomic E-state index is 0.138. The van der Waals surface area contributed by atoms with E-state index in [-0.39, 0.29) is 11.6 Å². The number of rotatable bonds is 2. The van der Waals surface area contributed by atoms with E-state index in [4.69, 9.17) is 0 Å². The third kappa shape index (κ3) is 3.14. The molecule has 0 spiro atoms. The first-order chi connectivity index (χ1) is 15.2. The van der Waals surface area contributed by atoms with Crippen LogP contribution in [0.2, 0.25) is 0 Å². The molecule has 2 aromatic heterocycles. The van der Waals surface area contributed by atoms with Gasteiger partial charge in [-0.05, 0) is 60.7 Å². The highest BCUT2D eigenvalue weighted by molar-refractivity contribution is 9.09. The Kier molecular flexibility index (Phi) is 5.04. The number of aryl methyl sites for hydroxylation is 2. The second-order valence-electron chi connectivity index (χ2n) is 8.20. The van der Waals surface area contributed by atoms with Crippen molar-refractivity contribution in [3.8, 4) is 5.69 Å². The van der Waals surface area contributed by atoms with Crippen molar-refractivity contribution >= 4 is 49.2 Å². The van der Waals surface area contributed by atoms with Crippen molar-refractivity contribution in [2.24, 2.45) is 0 Å². The van der Waals surface area contributed by atoms with Crippen molar-refractivity contribution in [2.45, 2.75) is 41.7 Å². The molecule has 1 aliphatic carbocycles. The van der Waals surface area contributed by atoms with Gasteiger partial charge in [-0.15, -0.1) is 0 Å². The molecule has 3 heterocycles. The molecule has 4 aromatic rings. The third-order valence-corrected chi connectivity index (χ3v) is 10.0. The van der Waals surface area contributed by atoms with E-state index in [0.717, 1.165) is 39.7 Å². The predicted molar refractivity (Wildman–Crippen MR) is 132 cm³/mol. The topological polar surface area (TPSA) is 25.9 Å². The monoisotopic (exact) mass is 509 g/mol. The number of nitrogens with zero attached hydrogens (tertiary/aromatic N) is 2. The Morgan fingerprint density at radius 2 is 1.68 bits per heavy atom. The van der Waals surface area contributed by atoms with Crippen LogP contribution in [0, 0.1) is 0 Å². The van der Waals surface area contributed by atoms with Crippen molar-refractivity contribution in [3.05, 3.63) is 87.0 Å². The van der Waals surface area contributed by atoms with Gasteiger partial charge in [0.2, 0.25) is 0 Å². The summed E-state index contributed by atoms with van der Waals surface area (Å²) in [5.74, 6) is 0.919. The maximum atomic E-state index is 14.0. The number of alkyl halides is 1. The van der Waals surface area contributed by atoms with E-state index in [1.807, 2.05) is 46.2 Å². The molecule has 2 aromatic carbocycles. The lowest BCUT2D eigenvalue weighted by molar-refractivity contribution is -0.728. The Balaban J connectivity index is 1.75. The molecule has 2 aliphatic rings. The Labute approximate surface area is 197 Å². The zero-order valence-electron chi connectivity index (χ0n) is 17.0. The quantitative estimate of drug-likeness (QED) is 0.197. The van der Waals surface area contributed by atoms with Crippen molar-refractivity contribution in [1.29, 1.82) is 0 Å². The normalized spacial score (nSPS) is 20.4. The van der Waals surface area contributed by atoms with E-state index in [2.05, 4.69) is 50.8 Å². The largest absolute Gasteiger partial charge is 0.352 e. The summed E-state index contributed by atoms with van der Waals surface area (Å²) in [6.45, 7) is 0. The van der Waals surface area contributed by atoms with Crippen LogP contribution >= 0.6 is 39.0 Å². The Morgan fingerprint density at radius 1 is 0.968 bits per heavy atom. The fourth-order valence-corrected chi connectivity index (χ4v) is 8.50. The molecule has 2 atom stereocenters.